The molecule has 1 amide bonds. The highest BCUT2D eigenvalue weighted by Crippen LogP contribution is 2.33. The third-order valence-corrected chi connectivity index (χ3v) is 7.34. The first-order valence-electron chi connectivity index (χ1n) is 11.0. The third-order valence-electron chi connectivity index (χ3n) is 5.35. The van der Waals surface area contributed by atoms with Crippen LogP contribution in [0.3, 0.4) is 0 Å². The van der Waals surface area contributed by atoms with Crippen LogP contribution in [0.25, 0.3) is 0 Å². The number of unbranched alkanes of at least 4 members (excludes halogenated alkanes) is 1. The van der Waals surface area contributed by atoms with Gasteiger partial charge in [-0.05, 0) is 48.4 Å². The molecule has 0 unspecified atom stereocenters. The summed E-state index contributed by atoms with van der Waals surface area (Å²) in [5.41, 5.74) is 1.16. The molecule has 1 aromatic heterocycles. The lowest BCUT2D eigenvalue weighted by molar-refractivity contribution is 0.102. The number of nitrogens with zero attached hydrogens (tertiary/aromatic N) is 3. The summed E-state index contributed by atoms with van der Waals surface area (Å²) < 4.78 is 43.3. The van der Waals surface area contributed by atoms with Crippen molar-refractivity contribution in [2.45, 2.75) is 38.0 Å². The quantitative estimate of drug-likeness (QED) is 0.462. The first-order valence-corrected chi connectivity index (χ1v) is 12.5. The van der Waals surface area contributed by atoms with E-state index in [1.54, 1.807) is 6.92 Å². The Labute approximate surface area is 197 Å². The predicted octanol–water partition coefficient (Wildman–Crippen LogP) is 3.45. The minimum absolute atomic E-state index is 0.0471. The lowest BCUT2D eigenvalue weighted by Crippen LogP contribution is -2.31. The van der Waals surface area contributed by atoms with Gasteiger partial charge in [-0.2, -0.15) is 4.31 Å². The molecule has 0 fully saturated rings. The molecule has 0 saturated heterocycles. The molecule has 3 aromatic rings. The Morgan fingerprint density at radius 1 is 1.06 bits per heavy atom. The van der Waals surface area contributed by atoms with Crippen LogP contribution >= 0.6 is 0 Å². The maximum absolute atomic E-state index is 12.8. The van der Waals surface area contributed by atoms with Crippen molar-refractivity contribution in [3.63, 3.8) is 0 Å². The SMILES string of the molecule is CCCCN(CC)S(=O)(=O)c1ccc(C(=O)Nc2nnc(Cc3ccc4c(c3)OCO4)o2)cc1. The Bertz CT molecular complexity index is 1260. The van der Waals surface area contributed by atoms with Gasteiger partial charge in [0.15, 0.2) is 11.5 Å². The summed E-state index contributed by atoms with van der Waals surface area (Å²) in [6, 6.07) is 11.2. The monoisotopic (exact) mass is 486 g/mol. The average Bonchev–Trinajstić information content (AvgIpc) is 3.48. The van der Waals surface area contributed by atoms with Crippen LogP contribution in [0.15, 0.2) is 51.8 Å². The summed E-state index contributed by atoms with van der Waals surface area (Å²) in [4.78, 5) is 12.7. The molecule has 0 atom stereocenters. The van der Waals surface area contributed by atoms with Gasteiger partial charge in [-0.3, -0.25) is 10.1 Å². The highest BCUT2D eigenvalue weighted by Gasteiger charge is 2.23. The van der Waals surface area contributed by atoms with Crippen molar-refractivity contribution in [2.24, 2.45) is 0 Å². The van der Waals surface area contributed by atoms with Crippen molar-refractivity contribution in [1.29, 1.82) is 0 Å². The van der Waals surface area contributed by atoms with E-state index in [4.69, 9.17) is 13.9 Å². The molecule has 0 saturated carbocycles. The summed E-state index contributed by atoms with van der Waals surface area (Å²) in [5.74, 6) is 1.18. The van der Waals surface area contributed by atoms with Crippen LogP contribution in [0.4, 0.5) is 6.01 Å². The highest BCUT2D eigenvalue weighted by atomic mass is 32.2. The smallest absolute Gasteiger partial charge is 0.322 e. The highest BCUT2D eigenvalue weighted by molar-refractivity contribution is 7.89. The van der Waals surface area contributed by atoms with Gasteiger partial charge in [-0.15, -0.1) is 5.10 Å². The maximum Gasteiger partial charge on any atom is 0.322 e. The Hall–Kier alpha value is -3.44. The van der Waals surface area contributed by atoms with Crippen LogP contribution in [0, 0.1) is 0 Å². The van der Waals surface area contributed by atoms with Crippen LogP contribution < -0.4 is 14.8 Å². The van der Waals surface area contributed by atoms with E-state index in [-0.39, 0.29) is 23.3 Å². The van der Waals surface area contributed by atoms with E-state index in [1.165, 1.54) is 28.6 Å². The molecule has 1 aliphatic rings. The molecule has 0 spiro atoms. The van der Waals surface area contributed by atoms with Gasteiger partial charge >= 0.3 is 6.01 Å². The number of hydrogen-bond acceptors (Lipinski definition) is 8. The van der Waals surface area contributed by atoms with Crippen molar-refractivity contribution in [1.82, 2.24) is 14.5 Å². The number of benzene rings is 2. The summed E-state index contributed by atoms with van der Waals surface area (Å²) >= 11 is 0. The maximum atomic E-state index is 12.8. The van der Waals surface area contributed by atoms with Crippen molar-refractivity contribution in [3.05, 3.63) is 59.5 Å². The summed E-state index contributed by atoms with van der Waals surface area (Å²) in [5, 5.41) is 10.4. The lowest BCUT2D eigenvalue weighted by Gasteiger charge is -2.20. The first kappa shape index (κ1) is 23.7. The zero-order valence-corrected chi connectivity index (χ0v) is 19.8. The minimum atomic E-state index is -3.61. The van der Waals surface area contributed by atoms with Crippen molar-refractivity contribution >= 4 is 21.9 Å². The van der Waals surface area contributed by atoms with Crippen LogP contribution in [-0.2, 0) is 16.4 Å². The number of amides is 1. The first-order chi connectivity index (χ1) is 16.4. The number of rotatable bonds is 10. The molecule has 4 rings (SSSR count). The number of anilines is 1. The standard InChI is InChI=1S/C23H26N4O6S/c1-3-5-12-27(4-2)34(29,30)18-9-7-17(8-10-18)22(28)24-23-26-25-21(33-23)14-16-6-11-19-20(13-16)32-15-31-19/h6-11,13H,3-5,12,14-15H2,1-2H3,(H,24,26,28). The second-order valence-electron chi connectivity index (χ2n) is 7.69. The molecular formula is C23H26N4O6S. The largest absolute Gasteiger partial charge is 0.454 e. The van der Waals surface area contributed by atoms with E-state index < -0.39 is 15.9 Å². The number of carbonyl (C=O) groups is 1. The minimum Gasteiger partial charge on any atom is -0.454 e. The Morgan fingerprint density at radius 2 is 1.82 bits per heavy atom. The van der Waals surface area contributed by atoms with E-state index >= 15 is 0 Å². The van der Waals surface area contributed by atoms with Crippen LogP contribution in [0.2, 0.25) is 0 Å². The van der Waals surface area contributed by atoms with E-state index in [2.05, 4.69) is 15.5 Å². The van der Waals surface area contributed by atoms with Gasteiger partial charge in [0.2, 0.25) is 22.7 Å². The van der Waals surface area contributed by atoms with Crippen LogP contribution in [0.5, 0.6) is 11.5 Å². The van der Waals surface area contributed by atoms with Crippen LogP contribution in [-0.4, -0.2) is 48.7 Å². The Balaban J connectivity index is 1.39. The molecule has 1 N–H and O–H groups in total. The number of sulfonamides is 1. The molecule has 34 heavy (non-hydrogen) atoms. The fourth-order valence-corrected chi connectivity index (χ4v) is 4.97. The third kappa shape index (κ3) is 5.20. The molecule has 0 radical (unpaired) electrons. The molecular weight excluding hydrogens is 460 g/mol. The van der Waals surface area contributed by atoms with Gasteiger partial charge in [-0.1, -0.05) is 31.4 Å². The second kappa shape index (κ2) is 10.2. The summed E-state index contributed by atoms with van der Waals surface area (Å²) in [6.45, 7) is 4.86. The van der Waals surface area contributed by atoms with Gasteiger partial charge in [0.1, 0.15) is 0 Å². The average molecular weight is 487 g/mol. The molecule has 2 aromatic carbocycles. The normalized spacial score (nSPS) is 12.8. The predicted molar refractivity (Wildman–Crippen MR) is 123 cm³/mol. The van der Waals surface area contributed by atoms with Crippen molar-refractivity contribution < 1.29 is 27.1 Å². The topological polar surface area (TPSA) is 124 Å². The second-order valence-corrected chi connectivity index (χ2v) is 9.63. The zero-order valence-electron chi connectivity index (χ0n) is 19.0. The van der Waals surface area contributed by atoms with Gasteiger partial charge in [0.05, 0.1) is 11.3 Å². The van der Waals surface area contributed by atoms with E-state index in [9.17, 15) is 13.2 Å². The number of fused-ring (bicyclic) bond motifs is 1. The van der Waals surface area contributed by atoms with Crippen molar-refractivity contribution in [3.8, 4) is 11.5 Å². The van der Waals surface area contributed by atoms with Crippen LogP contribution in [0.1, 0.15) is 48.5 Å². The molecule has 1 aliphatic heterocycles. The number of hydrogen-bond donors (Lipinski definition) is 1. The molecule has 0 aliphatic carbocycles. The summed E-state index contributed by atoms with van der Waals surface area (Å²) in [6.07, 6.45) is 2.05. The molecule has 11 heteroatoms. The van der Waals surface area contributed by atoms with Gasteiger partial charge in [0.25, 0.3) is 5.91 Å². The number of nitrogens with one attached hydrogen (secondary N) is 1. The Kier molecular flexibility index (Phi) is 7.13. The molecule has 0 bridgehead atoms. The van der Waals surface area contributed by atoms with Gasteiger partial charge in [0, 0.05) is 18.7 Å². The summed E-state index contributed by atoms with van der Waals surface area (Å²) in [7, 11) is -3.61. The van der Waals surface area contributed by atoms with Crippen molar-refractivity contribution in [2.75, 3.05) is 25.2 Å². The molecule has 2 heterocycles. The van der Waals surface area contributed by atoms with E-state index in [1.807, 2.05) is 25.1 Å². The lowest BCUT2D eigenvalue weighted by atomic mass is 10.1. The molecule has 180 valence electrons. The fraction of sp³-hybridized carbons (Fsp3) is 0.348. The number of aromatic nitrogens is 2. The van der Waals surface area contributed by atoms with E-state index in [0.717, 1.165) is 18.4 Å². The molecule has 10 nitrogen and oxygen atoms in total. The van der Waals surface area contributed by atoms with E-state index in [0.29, 0.717) is 36.9 Å². The van der Waals surface area contributed by atoms with Gasteiger partial charge in [-0.25, -0.2) is 8.42 Å². The Morgan fingerprint density at radius 3 is 2.56 bits per heavy atom. The van der Waals surface area contributed by atoms with Gasteiger partial charge < -0.3 is 13.9 Å². The number of ether oxygens (including phenoxy) is 2. The zero-order chi connectivity index (χ0) is 24.1. The number of carbonyl (C=O) groups excluding carboxylic acids is 1. The fourth-order valence-electron chi connectivity index (χ4n) is 3.48.